The zero-order valence-corrected chi connectivity index (χ0v) is 12.0. The van der Waals surface area contributed by atoms with Gasteiger partial charge in [0, 0.05) is 29.8 Å². The Bertz CT molecular complexity index is 423. The number of nitrogens with zero attached hydrogens (tertiary/aromatic N) is 2. The van der Waals surface area contributed by atoms with Crippen molar-refractivity contribution in [3.05, 3.63) is 28.2 Å². The summed E-state index contributed by atoms with van der Waals surface area (Å²) in [4.78, 5) is 2.08. The molecule has 0 aliphatic rings. The first-order valence-corrected chi connectivity index (χ1v) is 6.40. The lowest BCUT2D eigenvalue weighted by Gasteiger charge is -2.25. The molecule has 0 bridgehead atoms. The Labute approximate surface area is 111 Å². The van der Waals surface area contributed by atoms with Gasteiger partial charge in [-0.2, -0.15) is 5.26 Å². The molecule has 0 aliphatic heterocycles. The summed E-state index contributed by atoms with van der Waals surface area (Å²) in [6.45, 7) is 4.59. The maximum absolute atomic E-state index is 8.84. The van der Waals surface area contributed by atoms with Crippen molar-refractivity contribution in [1.29, 1.82) is 5.26 Å². The molecule has 0 aromatic heterocycles. The zero-order valence-electron chi connectivity index (χ0n) is 10.4. The molecule has 0 spiro atoms. The first-order valence-electron chi connectivity index (χ1n) is 5.61. The highest BCUT2D eigenvalue weighted by atomic mass is 79.9. The van der Waals surface area contributed by atoms with E-state index in [4.69, 9.17) is 11.0 Å². The van der Waals surface area contributed by atoms with Crippen LogP contribution < -0.4 is 10.6 Å². The van der Waals surface area contributed by atoms with Crippen molar-refractivity contribution in [2.24, 2.45) is 11.7 Å². The largest absolute Gasteiger partial charge is 0.373 e. The summed E-state index contributed by atoms with van der Waals surface area (Å²) in [5, 5.41) is 8.84. The number of halogens is 1. The van der Waals surface area contributed by atoms with E-state index in [0.29, 0.717) is 6.54 Å². The van der Waals surface area contributed by atoms with E-state index in [1.807, 2.05) is 39.1 Å². The van der Waals surface area contributed by atoms with Gasteiger partial charge in [0.25, 0.3) is 0 Å². The Balaban J connectivity index is 3.01. The van der Waals surface area contributed by atoms with E-state index in [2.05, 4.69) is 26.9 Å². The van der Waals surface area contributed by atoms with E-state index in [-0.39, 0.29) is 12.0 Å². The fraction of sp³-hybridized carbons (Fsp3) is 0.462. The lowest BCUT2D eigenvalue weighted by atomic mass is 10.1. The average molecular weight is 296 g/mol. The number of hydrogen-bond donors (Lipinski definition) is 1. The van der Waals surface area contributed by atoms with E-state index >= 15 is 0 Å². The standard InChI is InChI=1S/C13H18BrN3/c1-9(7-15)8-17(3)13-5-4-11(14)6-12(13)10(2)16/h4-6,9-10H,8,16H2,1-3H3. The maximum Gasteiger partial charge on any atom is 0.0671 e. The third-order valence-corrected chi connectivity index (χ3v) is 3.15. The number of rotatable bonds is 4. The predicted octanol–water partition coefficient (Wildman–Crippen LogP) is 3.06. The van der Waals surface area contributed by atoms with Crippen molar-refractivity contribution in [1.82, 2.24) is 0 Å². The van der Waals surface area contributed by atoms with Crippen LogP contribution in [-0.2, 0) is 0 Å². The molecule has 0 heterocycles. The third-order valence-electron chi connectivity index (χ3n) is 2.66. The van der Waals surface area contributed by atoms with Crippen LogP contribution in [0, 0.1) is 17.2 Å². The van der Waals surface area contributed by atoms with Gasteiger partial charge in [-0.1, -0.05) is 15.9 Å². The van der Waals surface area contributed by atoms with Crippen LogP contribution in [0.2, 0.25) is 0 Å². The number of nitriles is 1. The van der Waals surface area contributed by atoms with E-state index in [0.717, 1.165) is 15.7 Å². The molecule has 1 aromatic carbocycles. The number of nitrogens with two attached hydrogens (primary N) is 1. The Morgan fingerprint density at radius 2 is 2.12 bits per heavy atom. The Kier molecular flexibility index (Phi) is 4.98. The first kappa shape index (κ1) is 14.0. The second kappa shape index (κ2) is 6.04. The second-order valence-corrected chi connectivity index (χ2v) is 5.32. The van der Waals surface area contributed by atoms with Crippen molar-refractivity contribution in [2.45, 2.75) is 19.9 Å². The summed E-state index contributed by atoms with van der Waals surface area (Å²) in [7, 11) is 1.99. The molecule has 0 aliphatic carbocycles. The summed E-state index contributed by atoms with van der Waals surface area (Å²) in [6, 6.07) is 8.28. The number of benzene rings is 1. The van der Waals surface area contributed by atoms with Crippen LogP contribution in [0.25, 0.3) is 0 Å². The van der Waals surface area contributed by atoms with Crippen molar-refractivity contribution >= 4 is 21.6 Å². The lowest BCUT2D eigenvalue weighted by molar-refractivity contribution is 0.707. The van der Waals surface area contributed by atoms with Gasteiger partial charge in [-0.3, -0.25) is 0 Å². The molecular formula is C13H18BrN3. The summed E-state index contributed by atoms with van der Waals surface area (Å²) in [5.41, 5.74) is 8.15. The number of hydrogen-bond acceptors (Lipinski definition) is 3. The molecule has 2 atom stereocenters. The van der Waals surface area contributed by atoms with Crippen LogP contribution in [0.4, 0.5) is 5.69 Å². The minimum absolute atomic E-state index is 0.00424. The van der Waals surface area contributed by atoms with E-state index in [9.17, 15) is 0 Å². The molecule has 3 nitrogen and oxygen atoms in total. The minimum Gasteiger partial charge on any atom is -0.373 e. The second-order valence-electron chi connectivity index (χ2n) is 4.40. The smallest absolute Gasteiger partial charge is 0.0671 e. The summed E-state index contributed by atoms with van der Waals surface area (Å²) < 4.78 is 1.02. The summed E-state index contributed by atoms with van der Waals surface area (Å²) in [6.07, 6.45) is 0. The van der Waals surface area contributed by atoms with Crippen LogP contribution in [0.15, 0.2) is 22.7 Å². The van der Waals surface area contributed by atoms with Crippen LogP contribution in [0.5, 0.6) is 0 Å². The highest BCUT2D eigenvalue weighted by Crippen LogP contribution is 2.28. The molecular weight excluding hydrogens is 278 g/mol. The van der Waals surface area contributed by atoms with Crippen LogP contribution in [0.3, 0.4) is 0 Å². The highest BCUT2D eigenvalue weighted by molar-refractivity contribution is 9.10. The molecule has 4 heteroatoms. The van der Waals surface area contributed by atoms with Crippen molar-refractivity contribution in [3.8, 4) is 6.07 Å². The maximum atomic E-state index is 8.84. The van der Waals surface area contributed by atoms with Gasteiger partial charge in [0.1, 0.15) is 0 Å². The Morgan fingerprint density at radius 1 is 1.47 bits per heavy atom. The van der Waals surface area contributed by atoms with E-state index < -0.39 is 0 Å². The Hall–Kier alpha value is -1.05. The minimum atomic E-state index is -0.0256. The van der Waals surface area contributed by atoms with E-state index in [1.165, 1.54) is 0 Å². The highest BCUT2D eigenvalue weighted by Gasteiger charge is 2.13. The van der Waals surface area contributed by atoms with Gasteiger partial charge in [0.15, 0.2) is 0 Å². The predicted molar refractivity (Wildman–Crippen MR) is 74.8 cm³/mol. The molecule has 2 N–H and O–H groups in total. The van der Waals surface area contributed by atoms with Gasteiger partial charge in [0.05, 0.1) is 12.0 Å². The SMILES string of the molecule is CC(C#N)CN(C)c1ccc(Br)cc1C(C)N. The first-order chi connectivity index (χ1) is 7.95. The van der Waals surface area contributed by atoms with Crippen LogP contribution >= 0.6 is 15.9 Å². The topological polar surface area (TPSA) is 53.0 Å². The van der Waals surface area contributed by atoms with E-state index in [1.54, 1.807) is 0 Å². The van der Waals surface area contributed by atoms with Gasteiger partial charge in [0.2, 0.25) is 0 Å². The molecule has 1 rings (SSSR count). The van der Waals surface area contributed by atoms with Gasteiger partial charge >= 0.3 is 0 Å². The van der Waals surface area contributed by atoms with Gasteiger partial charge < -0.3 is 10.6 Å². The van der Waals surface area contributed by atoms with Crippen LogP contribution in [-0.4, -0.2) is 13.6 Å². The normalized spacial score (nSPS) is 13.9. The summed E-state index contributed by atoms with van der Waals surface area (Å²) >= 11 is 3.45. The van der Waals surface area contributed by atoms with Gasteiger partial charge in [-0.15, -0.1) is 0 Å². The third kappa shape index (κ3) is 3.72. The van der Waals surface area contributed by atoms with Crippen LogP contribution in [0.1, 0.15) is 25.5 Å². The molecule has 0 saturated heterocycles. The summed E-state index contributed by atoms with van der Waals surface area (Å²) in [5.74, 6) is 0.00424. The Morgan fingerprint density at radius 3 is 2.65 bits per heavy atom. The van der Waals surface area contributed by atoms with Crippen molar-refractivity contribution in [3.63, 3.8) is 0 Å². The van der Waals surface area contributed by atoms with Crippen molar-refractivity contribution < 1.29 is 0 Å². The monoisotopic (exact) mass is 295 g/mol. The lowest BCUT2D eigenvalue weighted by Crippen LogP contribution is -2.25. The molecule has 2 unspecified atom stereocenters. The molecule has 92 valence electrons. The molecule has 0 saturated carbocycles. The molecule has 0 radical (unpaired) electrons. The van der Waals surface area contributed by atoms with Crippen molar-refractivity contribution in [2.75, 3.05) is 18.5 Å². The van der Waals surface area contributed by atoms with Gasteiger partial charge in [-0.25, -0.2) is 0 Å². The number of anilines is 1. The van der Waals surface area contributed by atoms with Gasteiger partial charge in [-0.05, 0) is 37.6 Å². The fourth-order valence-electron chi connectivity index (χ4n) is 1.79. The molecule has 1 aromatic rings. The quantitative estimate of drug-likeness (QED) is 0.929. The zero-order chi connectivity index (χ0) is 13.0. The average Bonchev–Trinajstić information content (AvgIpc) is 2.28. The molecule has 0 amide bonds. The molecule has 17 heavy (non-hydrogen) atoms. The molecule has 0 fully saturated rings. The fourth-order valence-corrected chi connectivity index (χ4v) is 2.17.